The lowest BCUT2D eigenvalue weighted by Crippen LogP contribution is -2.21. The molecule has 29 heavy (non-hydrogen) atoms. The topological polar surface area (TPSA) is 60.8 Å². The summed E-state index contributed by atoms with van der Waals surface area (Å²) in [6.45, 7) is 0.475. The molecule has 2 aromatic carbocycles. The molecule has 0 unspecified atom stereocenters. The number of fused-ring (bicyclic) bond motifs is 1. The molecule has 0 aliphatic carbocycles. The monoisotopic (exact) mass is 414 g/mol. The maximum absolute atomic E-state index is 13.5. The molecule has 0 saturated heterocycles. The van der Waals surface area contributed by atoms with Crippen molar-refractivity contribution in [1.29, 1.82) is 0 Å². The first kappa shape index (κ1) is 20.9. The van der Waals surface area contributed by atoms with E-state index in [4.69, 9.17) is 21.1 Å². The summed E-state index contributed by atoms with van der Waals surface area (Å²) >= 11 is 5.98. The summed E-state index contributed by atoms with van der Waals surface area (Å²) in [5.74, 6) is 0.0896. The van der Waals surface area contributed by atoms with Gasteiger partial charge in [0.15, 0.2) is 0 Å². The Kier molecular flexibility index (Phi) is 6.25. The number of esters is 1. The maximum atomic E-state index is 13.5. The molecule has 0 aliphatic rings. The molecule has 0 atom stereocenters. The minimum Gasteiger partial charge on any atom is -0.497 e. The van der Waals surface area contributed by atoms with Crippen molar-refractivity contribution in [3.8, 4) is 5.75 Å². The van der Waals surface area contributed by atoms with Gasteiger partial charge in [-0.25, -0.2) is 0 Å². The molecule has 152 valence electrons. The minimum atomic E-state index is -0.370. The predicted octanol–water partition coefficient (Wildman–Crippen LogP) is 3.77. The molecule has 1 aromatic heterocycles. The van der Waals surface area contributed by atoms with E-state index in [1.54, 1.807) is 42.0 Å². The lowest BCUT2D eigenvalue weighted by Gasteiger charge is -2.15. The van der Waals surface area contributed by atoms with Gasteiger partial charge in [0.05, 0.1) is 26.2 Å². The van der Waals surface area contributed by atoms with Crippen LogP contribution in [0.25, 0.3) is 10.9 Å². The zero-order chi connectivity index (χ0) is 21.1. The van der Waals surface area contributed by atoms with Crippen LogP contribution in [0.2, 0.25) is 5.02 Å². The van der Waals surface area contributed by atoms with E-state index in [1.807, 2.05) is 31.1 Å². The van der Waals surface area contributed by atoms with Crippen LogP contribution in [0.15, 0.2) is 42.5 Å². The summed E-state index contributed by atoms with van der Waals surface area (Å²) in [4.78, 5) is 27.5. The van der Waals surface area contributed by atoms with Crippen molar-refractivity contribution >= 4 is 34.4 Å². The smallest absolute Gasteiger partial charge is 0.310 e. The molecule has 0 saturated carbocycles. The molecule has 0 aliphatic heterocycles. The van der Waals surface area contributed by atoms with Gasteiger partial charge in [0.2, 0.25) is 0 Å². The van der Waals surface area contributed by atoms with E-state index in [0.29, 0.717) is 28.4 Å². The van der Waals surface area contributed by atoms with Crippen molar-refractivity contribution in [2.45, 2.75) is 13.0 Å². The summed E-state index contributed by atoms with van der Waals surface area (Å²) in [7, 11) is 6.76. The number of aromatic nitrogens is 1. The van der Waals surface area contributed by atoms with Crippen LogP contribution in [-0.2, 0) is 22.5 Å². The lowest BCUT2D eigenvalue weighted by molar-refractivity contribution is -0.139. The molecular weight excluding hydrogens is 392 g/mol. The van der Waals surface area contributed by atoms with Gasteiger partial charge in [0.1, 0.15) is 5.75 Å². The highest BCUT2D eigenvalue weighted by Gasteiger charge is 2.24. The second-order valence-corrected chi connectivity index (χ2v) is 7.38. The first-order valence-corrected chi connectivity index (χ1v) is 9.45. The van der Waals surface area contributed by atoms with Gasteiger partial charge in [-0.3, -0.25) is 14.2 Å². The van der Waals surface area contributed by atoms with Gasteiger partial charge in [-0.2, -0.15) is 0 Å². The number of nitrogens with zero attached hydrogens (tertiary/aromatic N) is 2. The maximum Gasteiger partial charge on any atom is 0.310 e. The van der Waals surface area contributed by atoms with Crippen LogP contribution in [0, 0.1) is 0 Å². The van der Waals surface area contributed by atoms with Gasteiger partial charge in [0.25, 0.3) is 5.91 Å². The van der Waals surface area contributed by atoms with E-state index in [-0.39, 0.29) is 18.3 Å². The van der Waals surface area contributed by atoms with Crippen LogP contribution in [0.5, 0.6) is 5.75 Å². The molecule has 0 bridgehead atoms. The Morgan fingerprint density at radius 2 is 1.76 bits per heavy atom. The Morgan fingerprint density at radius 1 is 1.07 bits per heavy atom. The second-order valence-electron chi connectivity index (χ2n) is 6.95. The molecule has 3 aromatic rings. The van der Waals surface area contributed by atoms with E-state index in [2.05, 4.69) is 0 Å². The predicted molar refractivity (Wildman–Crippen MR) is 113 cm³/mol. The number of methoxy groups -OCH3 is 2. The first-order chi connectivity index (χ1) is 13.8. The third-order valence-corrected chi connectivity index (χ3v) is 4.95. The van der Waals surface area contributed by atoms with Crippen LogP contribution in [0.3, 0.4) is 0 Å². The Morgan fingerprint density at radius 3 is 2.34 bits per heavy atom. The number of rotatable bonds is 6. The minimum absolute atomic E-state index is 0.0598. The van der Waals surface area contributed by atoms with Crippen molar-refractivity contribution in [3.05, 3.63) is 64.3 Å². The van der Waals surface area contributed by atoms with Crippen LogP contribution in [0.1, 0.15) is 21.6 Å². The fourth-order valence-corrected chi connectivity index (χ4v) is 3.47. The zero-order valence-electron chi connectivity index (χ0n) is 16.9. The van der Waals surface area contributed by atoms with Gasteiger partial charge in [-0.1, -0.05) is 11.6 Å². The van der Waals surface area contributed by atoms with Crippen molar-refractivity contribution in [1.82, 2.24) is 9.47 Å². The molecule has 1 heterocycles. The van der Waals surface area contributed by atoms with E-state index in [0.717, 1.165) is 16.6 Å². The van der Waals surface area contributed by atoms with Crippen molar-refractivity contribution in [2.75, 3.05) is 28.3 Å². The molecule has 3 rings (SSSR count). The highest BCUT2D eigenvalue weighted by molar-refractivity contribution is 6.30. The van der Waals surface area contributed by atoms with Crippen LogP contribution in [-0.4, -0.2) is 49.7 Å². The SMILES string of the molecule is COC(=O)Cc1c(CN(C)C)n(C(=O)c2ccc(Cl)cc2)c2ccc(OC)cc12. The van der Waals surface area contributed by atoms with Crippen LogP contribution < -0.4 is 4.74 Å². The van der Waals surface area contributed by atoms with Crippen molar-refractivity contribution < 1.29 is 19.1 Å². The number of benzene rings is 2. The van der Waals surface area contributed by atoms with Crippen molar-refractivity contribution in [3.63, 3.8) is 0 Å². The lowest BCUT2D eigenvalue weighted by atomic mass is 10.1. The molecular formula is C22H23ClN2O4. The molecule has 6 nitrogen and oxygen atoms in total. The summed E-state index contributed by atoms with van der Waals surface area (Å²) in [6.07, 6.45) is 0.0598. The van der Waals surface area contributed by atoms with E-state index >= 15 is 0 Å². The van der Waals surface area contributed by atoms with Gasteiger partial charge >= 0.3 is 5.97 Å². The van der Waals surface area contributed by atoms with Crippen LogP contribution in [0.4, 0.5) is 0 Å². The second kappa shape index (κ2) is 8.68. The summed E-state index contributed by atoms with van der Waals surface area (Å²) in [6, 6.07) is 12.2. The van der Waals surface area contributed by atoms with E-state index in [1.165, 1.54) is 7.11 Å². The summed E-state index contributed by atoms with van der Waals surface area (Å²) < 4.78 is 11.9. The normalized spacial score (nSPS) is 11.1. The van der Waals surface area contributed by atoms with Crippen LogP contribution >= 0.6 is 11.6 Å². The third kappa shape index (κ3) is 4.28. The largest absolute Gasteiger partial charge is 0.497 e. The Bertz CT molecular complexity index is 1050. The number of carbonyl (C=O) groups is 2. The molecule has 0 N–H and O–H groups in total. The molecule has 0 fully saturated rings. The number of halogens is 1. The van der Waals surface area contributed by atoms with E-state index < -0.39 is 0 Å². The first-order valence-electron chi connectivity index (χ1n) is 9.07. The van der Waals surface area contributed by atoms with Crippen molar-refractivity contribution in [2.24, 2.45) is 0 Å². The number of hydrogen-bond acceptors (Lipinski definition) is 5. The third-order valence-electron chi connectivity index (χ3n) is 4.70. The molecule has 0 spiro atoms. The molecule has 0 radical (unpaired) electrons. The Labute approximate surface area is 174 Å². The number of ether oxygens (including phenoxy) is 2. The van der Waals surface area contributed by atoms with Gasteiger partial charge in [-0.05, 0) is 62.1 Å². The molecule has 7 heteroatoms. The summed E-state index contributed by atoms with van der Waals surface area (Å²) in [5, 5.41) is 1.34. The molecule has 0 amide bonds. The van der Waals surface area contributed by atoms with E-state index in [9.17, 15) is 9.59 Å². The van der Waals surface area contributed by atoms with Gasteiger partial charge in [-0.15, -0.1) is 0 Å². The average molecular weight is 415 g/mol. The Hall–Kier alpha value is -2.83. The van der Waals surface area contributed by atoms with Gasteiger partial charge in [0, 0.05) is 28.2 Å². The fourth-order valence-electron chi connectivity index (χ4n) is 3.35. The van der Waals surface area contributed by atoms with Gasteiger partial charge < -0.3 is 14.4 Å². The fraction of sp³-hybridized carbons (Fsp3) is 0.273. The quantitative estimate of drug-likeness (QED) is 0.574. The zero-order valence-corrected chi connectivity index (χ0v) is 17.6. The average Bonchev–Trinajstić information content (AvgIpc) is 2.99. The highest BCUT2D eigenvalue weighted by atomic mass is 35.5. The Balaban J connectivity index is 2.29. The number of hydrogen-bond donors (Lipinski definition) is 0. The standard InChI is InChI=1S/C22H23ClN2O4/c1-24(2)13-20-18(12-21(26)29-4)17-11-16(28-3)9-10-19(17)25(20)22(27)14-5-7-15(23)8-6-14/h5-11H,12-13H2,1-4H3. The summed E-state index contributed by atoms with van der Waals surface area (Å²) in [5.41, 5.74) is 2.71. The number of carbonyl (C=O) groups excluding carboxylic acids is 2. The highest BCUT2D eigenvalue weighted by Crippen LogP contribution is 2.32.